The maximum atomic E-state index is 13.1. The summed E-state index contributed by atoms with van der Waals surface area (Å²) in [6.07, 6.45) is 1.07. The molecule has 0 aromatic heterocycles. The van der Waals surface area contributed by atoms with Gasteiger partial charge in [0.05, 0.1) is 19.6 Å². The molecule has 0 saturated heterocycles. The first-order chi connectivity index (χ1) is 9.12. The van der Waals surface area contributed by atoms with E-state index in [2.05, 4.69) is 5.32 Å². The van der Waals surface area contributed by atoms with E-state index in [0.29, 0.717) is 30.7 Å². The summed E-state index contributed by atoms with van der Waals surface area (Å²) < 4.78 is 18.3. The quantitative estimate of drug-likeness (QED) is 0.789. The topological polar surface area (TPSA) is 58.6 Å². The van der Waals surface area contributed by atoms with E-state index in [1.807, 2.05) is 6.92 Å². The summed E-state index contributed by atoms with van der Waals surface area (Å²) in [7, 11) is 1.52. The van der Waals surface area contributed by atoms with Crippen LogP contribution in [0.25, 0.3) is 0 Å². The molecule has 0 aliphatic rings. The molecule has 2 N–H and O–H groups in total. The van der Waals surface area contributed by atoms with Crippen molar-refractivity contribution in [3.63, 3.8) is 0 Å². The number of rotatable bonds is 7. The van der Waals surface area contributed by atoms with Gasteiger partial charge in [0.2, 0.25) is 5.91 Å². The average Bonchev–Trinajstić information content (AvgIpc) is 2.40. The van der Waals surface area contributed by atoms with Crippen molar-refractivity contribution in [2.24, 2.45) is 5.92 Å². The molecule has 1 aromatic rings. The van der Waals surface area contributed by atoms with Gasteiger partial charge < -0.3 is 15.2 Å². The van der Waals surface area contributed by atoms with Crippen molar-refractivity contribution in [3.05, 3.63) is 29.6 Å². The van der Waals surface area contributed by atoms with Crippen molar-refractivity contribution in [2.75, 3.05) is 20.3 Å². The molecular weight excluding hydrogens is 249 g/mol. The monoisotopic (exact) mass is 269 g/mol. The lowest BCUT2D eigenvalue weighted by atomic mass is 10.1. The van der Waals surface area contributed by atoms with Crippen LogP contribution in [-0.2, 0) is 11.2 Å². The third-order valence-corrected chi connectivity index (χ3v) is 3.02. The molecule has 0 fully saturated rings. The van der Waals surface area contributed by atoms with E-state index in [1.165, 1.54) is 19.2 Å². The van der Waals surface area contributed by atoms with Crippen LogP contribution < -0.4 is 10.1 Å². The Morgan fingerprint density at radius 1 is 1.53 bits per heavy atom. The summed E-state index contributed by atoms with van der Waals surface area (Å²) in [5.41, 5.74) is 0.708. The third-order valence-electron chi connectivity index (χ3n) is 3.02. The van der Waals surface area contributed by atoms with Gasteiger partial charge >= 0.3 is 0 Å². The van der Waals surface area contributed by atoms with Crippen molar-refractivity contribution in [3.8, 4) is 5.75 Å². The molecular formula is C14H20FNO3. The fourth-order valence-corrected chi connectivity index (χ4v) is 1.80. The SMILES string of the molecule is CCC(CO)C(=O)NCCc1cc(F)ccc1OC. The van der Waals surface area contributed by atoms with Gasteiger partial charge in [0.15, 0.2) is 0 Å². The minimum absolute atomic E-state index is 0.161. The van der Waals surface area contributed by atoms with Gasteiger partial charge in [-0.3, -0.25) is 4.79 Å². The zero-order chi connectivity index (χ0) is 14.3. The maximum absolute atomic E-state index is 13.1. The number of hydrogen-bond donors (Lipinski definition) is 2. The second-order valence-electron chi connectivity index (χ2n) is 4.28. The number of ether oxygens (including phenoxy) is 1. The Balaban J connectivity index is 2.53. The summed E-state index contributed by atoms with van der Waals surface area (Å²) in [6.45, 7) is 2.07. The van der Waals surface area contributed by atoms with E-state index in [4.69, 9.17) is 9.84 Å². The predicted octanol–water partition coefficient (Wildman–Crippen LogP) is 1.51. The van der Waals surface area contributed by atoms with Crippen molar-refractivity contribution in [1.29, 1.82) is 0 Å². The van der Waals surface area contributed by atoms with Crippen LogP contribution in [-0.4, -0.2) is 31.3 Å². The molecule has 106 valence electrons. The predicted molar refractivity (Wildman–Crippen MR) is 70.5 cm³/mol. The van der Waals surface area contributed by atoms with Gasteiger partial charge in [0, 0.05) is 6.54 Å². The summed E-state index contributed by atoms with van der Waals surface area (Å²) >= 11 is 0. The molecule has 1 aromatic carbocycles. The number of benzene rings is 1. The first-order valence-corrected chi connectivity index (χ1v) is 6.33. The molecule has 4 nitrogen and oxygen atoms in total. The van der Waals surface area contributed by atoms with E-state index >= 15 is 0 Å². The fraction of sp³-hybridized carbons (Fsp3) is 0.500. The molecule has 0 radical (unpaired) electrons. The molecule has 0 saturated carbocycles. The highest BCUT2D eigenvalue weighted by Crippen LogP contribution is 2.19. The summed E-state index contributed by atoms with van der Waals surface area (Å²) in [5.74, 6) is -0.288. The van der Waals surface area contributed by atoms with Gasteiger partial charge in [-0.05, 0) is 36.6 Å². The van der Waals surface area contributed by atoms with Gasteiger partial charge in [0.1, 0.15) is 11.6 Å². The smallest absolute Gasteiger partial charge is 0.225 e. The van der Waals surface area contributed by atoms with Crippen LogP contribution in [0, 0.1) is 11.7 Å². The van der Waals surface area contributed by atoms with Crippen molar-refractivity contribution >= 4 is 5.91 Å². The Hall–Kier alpha value is -1.62. The molecule has 0 bridgehead atoms. The largest absolute Gasteiger partial charge is 0.496 e. The highest BCUT2D eigenvalue weighted by molar-refractivity contribution is 5.78. The lowest BCUT2D eigenvalue weighted by Crippen LogP contribution is -2.33. The molecule has 0 heterocycles. The third kappa shape index (κ3) is 4.52. The number of amides is 1. The van der Waals surface area contributed by atoms with E-state index in [9.17, 15) is 9.18 Å². The number of hydrogen-bond acceptors (Lipinski definition) is 3. The van der Waals surface area contributed by atoms with Gasteiger partial charge in [-0.25, -0.2) is 4.39 Å². The number of methoxy groups -OCH3 is 1. The highest BCUT2D eigenvalue weighted by Gasteiger charge is 2.14. The van der Waals surface area contributed by atoms with Crippen molar-refractivity contribution in [1.82, 2.24) is 5.32 Å². The van der Waals surface area contributed by atoms with E-state index in [-0.39, 0.29) is 24.2 Å². The Kier molecular flexibility index (Phi) is 6.29. The highest BCUT2D eigenvalue weighted by atomic mass is 19.1. The summed E-state index contributed by atoms with van der Waals surface area (Å²) in [5, 5.41) is 11.7. The van der Waals surface area contributed by atoms with Crippen LogP contribution >= 0.6 is 0 Å². The maximum Gasteiger partial charge on any atom is 0.225 e. The molecule has 0 aliphatic heterocycles. The number of halogens is 1. The Morgan fingerprint density at radius 3 is 2.84 bits per heavy atom. The van der Waals surface area contributed by atoms with Crippen LogP contribution in [0.4, 0.5) is 4.39 Å². The molecule has 19 heavy (non-hydrogen) atoms. The second kappa shape index (κ2) is 7.74. The number of carbonyl (C=O) groups is 1. The summed E-state index contributed by atoms with van der Waals surface area (Å²) in [6, 6.07) is 4.29. The molecule has 1 amide bonds. The Labute approximate surface area is 112 Å². The lowest BCUT2D eigenvalue weighted by Gasteiger charge is -2.13. The van der Waals surface area contributed by atoms with Gasteiger partial charge in [0.25, 0.3) is 0 Å². The summed E-state index contributed by atoms with van der Waals surface area (Å²) in [4.78, 5) is 11.6. The normalized spacial score (nSPS) is 12.0. The van der Waals surface area contributed by atoms with Crippen LogP contribution in [0.2, 0.25) is 0 Å². The number of carbonyl (C=O) groups excluding carboxylic acids is 1. The van der Waals surface area contributed by atoms with Gasteiger partial charge in [-0.2, -0.15) is 0 Å². The standard InChI is InChI=1S/C14H20FNO3/c1-3-10(9-17)14(18)16-7-6-11-8-12(15)4-5-13(11)19-2/h4-5,8,10,17H,3,6-7,9H2,1-2H3,(H,16,18). The van der Waals surface area contributed by atoms with Crippen LogP contribution in [0.15, 0.2) is 18.2 Å². The van der Waals surface area contributed by atoms with Crippen LogP contribution in [0.1, 0.15) is 18.9 Å². The molecule has 1 unspecified atom stereocenters. The van der Waals surface area contributed by atoms with Crippen molar-refractivity contribution in [2.45, 2.75) is 19.8 Å². The Bertz CT molecular complexity index is 419. The Morgan fingerprint density at radius 2 is 2.26 bits per heavy atom. The molecule has 0 spiro atoms. The first-order valence-electron chi connectivity index (χ1n) is 6.33. The first kappa shape index (κ1) is 15.4. The van der Waals surface area contributed by atoms with Crippen LogP contribution in [0.5, 0.6) is 5.75 Å². The van der Waals surface area contributed by atoms with E-state index in [0.717, 1.165) is 0 Å². The minimum Gasteiger partial charge on any atom is -0.496 e. The molecule has 5 heteroatoms. The zero-order valence-corrected chi connectivity index (χ0v) is 11.3. The minimum atomic E-state index is -0.380. The van der Waals surface area contributed by atoms with E-state index in [1.54, 1.807) is 6.07 Å². The number of aliphatic hydroxyl groups excluding tert-OH is 1. The van der Waals surface area contributed by atoms with Crippen LogP contribution in [0.3, 0.4) is 0 Å². The zero-order valence-electron chi connectivity index (χ0n) is 11.3. The molecule has 0 aliphatic carbocycles. The van der Waals surface area contributed by atoms with Crippen molar-refractivity contribution < 1.29 is 19.0 Å². The number of aliphatic hydroxyl groups is 1. The fourth-order valence-electron chi connectivity index (χ4n) is 1.80. The molecule has 1 atom stereocenters. The van der Waals surface area contributed by atoms with Gasteiger partial charge in [-0.1, -0.05) is 6.92 Å². The van der Waals surface area contributed by atoms with Gasteiger partial charge in [-0.15, -0.1) is 0 Å². The lowest BCUT2D eigenvalue weighted by molar-refractivity contribution is -0.126. The average molecular weight is 269 g/mol. The second-order valence-corrected chi connectivity index (χ2v) is 4.28. The molecule has 1 rings (SSSR count). The number of nitrogens with one attached hydrogen (secondary N) is 1. The van der Waals surface area contributed by atoms with E-state index < -0.39 is 0 Å².